The second-order valence-electron chi connectivity index (χ2n) is 2.71. The largest absolute Gasteiger partial charge is 0.233 e. The fourth-order valence-corrected chi connectivity index (χ4v) is 1.17. The van der Waals surface area contributed by atoms with E-state index >= 15 is 0 Å². The van der Waals surface area contributed by atoms with Crippen LogP contribution in [0.25, 0.3) is 6.08 Å². The van der Waals surface area contributed by atoms with Crippen LogP contribution in [-0.4, -0.2) is 8.42 Å². The Hall–Kier alpha value is -1.13. The first-order valence-corrected chi connectivity index (χ1v) is 5.31. The van der Waals surface area contributed by atoms with E-state index in [0.717, 1.165) is 5.56 Å². The van der Waals surface area contributed by atoms with Crippen molar-refractivity contribution in [2.75, 3.05) is 0 Å². The highest BCUT2D eigenvalue weighted by Gasteiger charge is 2.04. The Labute approximate surface area is 77.9 Å². The molecule has 0 unspecified atom stereocenters. The summed E-state index contributed by atoms with van der Waals surface area (Å²) in [6.07, 6.45) is 1.54. The smallest absolute Gasteiger partial charge is 0.225 e. The van der Waals surface area contributed by atoms with E-state index in [9.17, 15) is 8.42 Å². The summed E-state index contributed by atoms with van der Waals surface area (Å²) in [5, 5.41) is 4.93. The van der Waals surface area contributed by atoms with Crippen molar-refractivity contribution in [3.63, 3.8) is 0 Å². The van der Waals surface area contributed by atoms with Crippen LogP contribution in [0.5, 0.6) is 0 Å². The molecule has 2 N–H and O–H groups in total. The molecule has 3 nitrogen and oxygen atoms in total. The van der Waals surface area contributed by atoms with Crippen LogP contribution in [0.3, 0.4) is 0 Å². The molecule has 70 valence electrons. The molecule has 1 rings (SSSR count). The van der Waals surface area contributed by atoms with E-state index in [1.54, 1.807) is 0 Å². The lowest BCUT2D eigenvalue weighted by molar-refractivity contribution is 0.604. The number of hydrogen-bond acceptors (Lipinski definition) is 2. The van der Waals surface area contributed by atoms with Crippen molar-refractivity contribution in [2.45, 2.75) is 6.92 Å². The van der Waals surface area contributed by atoms with Crippen LogP contribution >= 0.6 is 0 Å². The van der Waals surface area contributed by atoms with E-state index < -0.39 is 10.0 Å². The van der Waals surface area contributed by atoms with E-state index in [4.69, 9.17) is 5.14 Å². The fourth-order valence-electron chi connectivity index (χ4n) is 0.866. The molecule has 0 aliphatic heterocycles. The van der Waals surface area contributed by atoms with Crippen molar-refractivity contribution in [3.8, 4) is 0 Å². The van der Waals surface area contributed by atoms with Gasteiger partial charge in [0.15, 0.2) is 0 Å². The number of rotatable bonds is 2. The Kier molecular flexibility index (Phi) is 2.85. The summed E-state index contributed by atoms with van der Waals surface area (Å²) in [4.78, 5) is 0.165. The fraction of sp³-hybridized carbons (Fsp3) is 0.111. The van der Waals surface area contributed by atoms with Crippen LogP contribution < -0.4 is 5.14 Å². The maximum absolute atomic E-state index is 10.8. The van der Waals surface area contributed by atoms with Gasteiger partial charge in [0.25, 0.3) is 0 Å². The molecule has 13 heavy (non-hydrogen) atoms. The summed E-state index contributed by atoms with van der Waals surface area (Å²) in [5.41, 5.74) is 0.828. The average Bonchev–Trinajstić information content (AvgIpc) is 2.04. The number of benzene rings is 1. The number of allylic oxidation sites excluding steroid dienone is 1. The molecule has 0 saturated heterocycles. The first kappa shape index (κ1) is 9.95. The third-order valence-electron chi connectivity index (χ3n) is 1.62. The Bertz CT molecular complexity index is 407. The number of primary sulfonamides is 1. The normalized spacial score (nSPS) is 12.9. The standard InChI is InChI=1S/C9H11NO2S/c1-8(13(10,11)12)7-9-5-3-2-4-6-9/h2-7H,1H3,(H2,10,11,12)/b8-7+. The first-order valence-electron chi connectivity index (χ1n) is 3.76. The zero-order valence-corrected chi connectivity index (χ0v) is 8.08. The maximum atomic E-state index is 10.8. The molecule has 0 bridgehead atoms. The van der Waals surface area contributed by atoms with E-state index in [0.29, 0.717) is 0 Å². The molecule has 0 spiro atoms. The van der Waals surface area contributed by atoms with Gasteiger partial charge in [-0.3, -0.25) is 0 Å². The molecule has 1 aromatic carbocycles. The maximum Gasteiger partial charge on any atom is 0.233 e. The van der Waals surface area contributed by atoms with Crippen LogP contribution in [0.4, 0.5) is 0 Å². The highest BCUT2D eigenvalue weighted by molar-refractivity contribution is 7.93. The van der Waals surface area contributed by atoms with Gasteiger partial charge in [-0.05, 0) is 18.6 Å². The van der Waals surface area contributed by atoms with Crippen molar-refractivity contribution < 1.29 is 8.42 Å². The predicted molar refractivity (Wildman–Crippen MR) is 53.2 cm³/mol. The van der Waals surface area contributed by atoms with Gasteiger partial charge in [-0.25, -0.2) is 13.6 Å². The first-order chi connectivity index (χ1) is 6.00. The Morgan fingerprint density at radius 3 is 2.31 bits per heavy atom. The lowest BCUT2D eigenvalue weighted by Gasteiger charge is -1.97. The van der Waals surface area contributed by atoms with Crippen LogP contribution in [0.2, 0.25) is 0 Å². The summed E-state index contributed by atoms with van der Waals surface area (Å²) in [5.74, 6) is 0. The molecule has 0 heterocycles. The van der Waals surface area contributed by atoms with Crippen LogP contribution in [0.15, 0.2) is 35.2 Å². The van der Waals surface area contributed by atoms with Gasteiger partial charge < -0.3 is 0 Å². The van der Waals surface area contributed by atoms with Gasteiger partial charge in [0.2, 0.25) is 10.0 Å². The highest BCUT2D eigenvalue weighted by atomic mass is 32.2. The van der Waals surface area contributed by atoms with Crippen LogP contribution in [-0.2, 0) is 10.0 Å². The summed E-state index contributed by atoms with van der Waals surface area (Å²) < 4.78 is 21.7. The van der Waals surface area contributed by atoms with Gasteiger partial charge in [0.1, 0.15) is 0 Å². The van der Waals surface area contributed by atoms with Crippen molar-refractivity contribution in [3.05, 3.63) is 40.8 Å². The molecular formula is C9H11NO2S. The van der Waals surface area contributed by atoms with Crippen LogP contribution in [0, 0.1) is 0 Å². The molecular weight excluding hydrogens is 186 g/mol. The number of nitrogens with two attached hydrogens (primary N) is 1. The van der Waals surface area contributed by atoms with Gasteiger partial charge in [-0.2, -0.15) is 0 Å². The predicted octanol–water partition coefficient (Wildman–Crippen LogP) is 1.34. The summed E-state index contributed by atoms with van der Waals surface area (Å²) in [6.45, 7) is 1.47. The lowest BCUT2D eigenvalue weighted by atomic mass is 10.2. The van der Waals surface area contributed by atoms with Crippen molar-refractivity contribution >= 4 is 16.1 Å². The molecule has 0 aliphatic carbocycles. The number of hydrogen-bond donors (Lipinski definition) is 1. The summed E-state index contributed by atoms with van der Waals surface area (Å²) in [7, 11) is -3.54. The third kappa shape index (κ3) is 3.01. The minimum absolute atomic E-state index is 0.165. The van der Waals surface area contributed by atoms with Crippen molar-refractivity contribution in [1.82, 2.24) is 0 Å². The zero-order chi connectivity index (χ0) is 9.90. The molecule has 0 atom stereocenters. The molecule has 0 saturated carbocycles. The van der Waals surface area contributed by atoms with Crippen molar-refractivity contribution in [2.24, 2.45) is 5.14 Å². The summed E-state index contributed by atoms with van der Waals surface area (Å²) in [6, 6.07) is 9.16. The molecule has 0 radical (unpaired) electrons. The summed E-state index contributed by atoms with van der Waals surface area (Å²) >= 11 is 0. The Balaban J connectivity index is 3.04. The molecule has 1 aromatic rings. The van der Waals surface area contributed by atoms with E-state index in [2.05, 4.69) is 0 Å². The lowest BCUT2D eigenvalue weighted by Crippen LogP contribution is -2.12. The topological polar surface area (TPSA) is 60.2 Å². The number of sulfonamides is 1. The zero-order valence-electron chi connectivity index (χ0n) is 7.27. The van der Waals surface area contributed by atoms with Gasteiger partial charge in [0.05, 0.1) is 4.91 Å². The van der Waals surface area contributed by atoms with Crippen molar-refractivity contribution in [1.29, 1.82) is 0 Å². The monoisotopic (exact) mass is 197 g/mol. The Morgan fingerprint density at radius 2 is 1.85 bits per heavy atom. The quantitative estimate of drug-likeness (QED) is 0.777. The van der Waals surface area contributed by atoms with Gasteiger partial charge in [0, 0.05) is 0 Å². The van der Waals surface area contributed by atoms with E-state index in [-0.39, 0.29) is 4.91 Å². The Morgan fingerprint density at radius 1 is 1.31 bits per heavy atom. The second kappa shape index (κ2) is 3.72. The SMILES string of the molecule is C/C(=C\c1ccccc1)S(N)(=O)=O. The molecule has 0 fully saturated rings. The molecule has 4 heteroatoms. The van der Waals surface area contributed by atoms with E-state index in [1.807, 2.05) is 30.3 Å². The van der Waals surface area contributed by atoms with Gasteiger partial charge in [-0.15, -0.1) is 0 Å². The van der Waals surface area contributed by atoms with Gasteiger partial charge >= 0.3 is 0 Å². The average molecular weight is 197 g/mol. The minimum Gasteiger partial charge on any atom is -0.225 e. The second-order valence-corrected chi connectivity index (χ2v) is 4.44. The molecule has 0 aromatic heterocycles. The minimum atomic E-state index is -3.54. The van der Waals surface area contributed by atoms with E-state index in [1.165, 1.54) is 13.0 Å². The molecule has 0 amide bonds. The highest BCUT2D eigenvalue weighted by Crippen LogP contribution is 2.08. The third-order valence-corrected chi connectivity index (χ3v) is 2.63. The molecule has 0 aliphatic rings. The van der Waals surface area contributed by atoms with Crippen LogP contribution in [0.1, 0.15) is 12.5 Å². The van der Waals surface area contributed by atoms with Gasteiger partial charge in [-0.1, -0.05) is 30.3 Å².